The van der Waals surface area contributed by atoms with Crippen molar-refractivity contribution in [1.29, 1.82) is 0 Å². The predicted octanol–water partition coefficient (Wildman–Crippen LogP) is 3.22. The summed E-state index contributed by atoms with van der Waals surface area (Å²) in [6, 6.07) is 8.37. The first-order valence-corrected chi connectivity index (χ1v) is 8.04. The molecule has 0 bridgehead atoms. The second-order valence-corrected chi connectivity index (χ2v) is 5.81. The van der Waals surface area contributed by atoms with Crippen LogP contribution in [0.1, 0.15) is 11.4 Å². The van der Waals surface area contributed by atoms with Gasteiger partial charge < -0.3 is 4.42 Å². The van der Waals surface area contributed by atoms with E-state index in [2.05, 4.69) is 41.5 Å². The largest absolute Gasteiger partial charge is 0.432 e. The Labute approximate surface area is 147 Å². The number of fused-ring (bicyclic) bond motifs is 2. The Morgan fingerprint density at radius 3 is 3.00 bits per heavy atom. The van der Waals surface area contributed by atoms with Gasteiger partial charge in [0.25, 0.3) is 6.01 Å². The van der Waals surface area contributed by atoms with Crippen LogP contribution in [0, 0.1) is 0 Å². The Kier molecular flexibility index (Phi) is 3.31. The zero-order valence-electron chi connectivity index (χ0n) is 13.5. The number of benzene rings is 1. The Morgan fingerprint density at radius 2 is 2.08 bits per heavy atom. The van der Waals surface area contributed by atoms with Gasteiger partial charge in [-0.2, -0.15) is 5.10 Å². The monoisotopic (exact) mass is 343 g/mol. The number of aromatic nitrogens is 6. The molecule has 0 aliphatic heterocycles. The summed E-state index contributed by atoms with van der Waals surface area (Å²) in [6.07, 6.45) is 8.91. The van der Waals surface area contributed by atoms with E-state index in [0.717, 1.165) is 27.4 Å². The number of H-pyrrole nitrogens is 1. The van der Waals surface area contributed by atoms with E-state index in [9.17, 15) is 0 Å². The Morgan fingerprint density at radius 1 is 1.08 bits per heavy atom. The van der Waals surface area contributed by atoms with Crippen LogP contribution in [0.2, 0.25) is 0 Å². The molecule has 8 heteroatoms. The lowest BCUT2D eigenvalue weighted by Gasteiger charge is -2.08. The first-order chi connectivity index (χ1) is 12.8. The average molecular weight is 343 g/mol. The van der Waals surface area contributed by atoms with E-state index in [0.29, 0.717) is 24.1 Å². The van der Waals surface area contributed by atoms with Crippen LogP contribution < -0.4 is 5.32 Å². The van der Waals surface area contributed by atoms with Crippen molar-refractivity contribution in [2.45, 2.75) is 6.42 Å². The molecular weight excluding hydrogens is 330 g/mol. The first-order valence-electron chi connectivity index (χ1n) is 8.04. The van der Waals surface area contributed by atoms with Gasteiger partial charge in [0.2, 0.25) is 0 Å². The molecule has 2 N–H and O–H groups in total. The lowest BCUT2D eigenvalue weighted by Crippen LogP contribution is -2.03. The van der Waals surface area contributed by atoms with Gasteiger partial charge in [0.15, 0.2) is 0 Å². The average Bonchev–Trinajstić information content (AvgIpc) is 3.33. The molecule has 26 heavy (non-hydrogen) atoms. The highest BCUT2D eigenvalue weighted by molar-refractivity contribution is 5.89. The molecule has 0 aliphatic rings. The van der Waals surface area contributed by atoms with Crippen molar-refractivity contribution in [3.63, 3.8) is 0 Å². The van der Waals surface area contributed by atoms with Crippen LogP contribution in [0.5, 0.6) is 0 Å². The van der Waals surface area contributed by atoms with Gasteiger partial charge in [-0.05, 0) is 23.8 Å². The number of nitrogens with zero attached hydrogens (tertiary/aromatic N) is 5. The number of aromatic amines is 1. The number of nitrogens with one attached hydrogen (secondary N) is 2. The smallest absolute Gasteiger partial charge is 0.300 e. The molecule has 5 rings (SSSR count). The molecule has 0 aliphatic carbocycles. The molecule has 0 atom stereocenters. The van der Waals surface area contributed by atoms with Crippen molar-refractivity contribution in [3.05, 3.63) is 66.7 Å². The molecule has 4 heterocycles. The standard InChI is InChI=1S/C18H13N7O/c1-2-14-12(9-21-25-14)7-11(1)8-16-22-15-10-19-4-3-13(15)17(23-16)24-18-20-5-6-26-18/h1-7,9-10H,8H2,(H,21,25)(H,20,22,23,24). The highest BCUT2D eigenvalue weighted by atomic mass is 16.4. The Bertz CT molecular complexity index is 1200. The molecule has 0 radical (unpaired) electrons. The minimum Gasteiger partial charge on any atom is -0.432 e. The van der Waals surface area contributed by atoms with Gasteiger partial charge in [-0.25, -0.2) is 15.0 Å². The fourth-order valence-corrected chi connectivity index (χ4v) is 2.87. The van der Waals surface area contributed by atoms with Crippen LogP contribution >= 0.6 is 0 Å². The minimum atomic E-state index is 0.382. The number of rotatable bonds is 4. The van der Waals surface area contributed by atoms with E-state index in [1.165, 1.54) is 6.26 Å². The number of pyridine rings is 1. The highest BCUT2D eigenvalue weighted by Crippen LogP contribution is 2.23. The molecule has 0 saturated carbocycles. The third-order valence-electron chi connectivity index (χ3n) is 4.07. The third-order valence-corrected chi connectivity index (χ3v) is 4.07. The number of hydrogen-bond acceptors (Lipinski definition) is 7. The zero-order chi connectivity index (χ0) is 17.3. The molecular formula is C18H13N7O. The fourth-order valence-electron chi connectivity index (χ4n) is 2.87. The number of hydrogen-bond donors (Lipinski definition) is 2. The third kappa shape index (κ3) is 2.63. The summed E-state index contributed by atoms with van der Waals surface area (Å²) in [5, 5.41) is 12.0. The van der Waals surface area contributed by atoms with E-state index < -0.39 is 0 Å². The van der Waals surface area contributed by atoms with Crippen molar-refractivity contribution in [3.8, 4) is 0 Å². The molecule has 0 amide bonds. The zero-order valence-corrected chi connectivity index (χ0v) is 13.5. The molecule has 126 valence electrons. The first kappa shape index (κ1) is 14.5. The van der Waals surface area contributed by atoms with Crippen LogP contribution in [0.4, 0.5) is 11.8 Å². The summed E-state index contributed by atoms with van der Waals surface area (Å²) in [5.41, 5.74) is 2.86. The quantitative estimate of drug-likeness (QED) is 0.516. The van der Waals surface area contributed by atoms with Crippen molar-refractivity contribution >= 4 is 33.6 Å². The maximum atomic E-state index is 5.28. The van der Waals surface area contributed by atoms with Crippen LogP contribution in [0.25, 0.3) is 21.8 Å². The van der Waals surface area contributed by atoms with Crippen molar-refractivity contribution in [2.24, 2.45) is 0 Å². The summed E-state index contributed by atoms with van der Waals surface area (Å²) in [4.78, 5) is 17.6. The molecule has 0 fully saturated rings. The summed E-state index contributed by atoms with van der Waals surface area (Å²) < 4.78 is 5.28. The summed E-state index contributed by atoms with van der Waals surface area (Å²) >= 11 is 0. The summed E-state index contributed by atoms with van der Waals surface area (Å²) in [7, 11) is 0. The molecule has 0 saturated heterocycles. The van der Waals surface area contributed by atoms with Crippen LogP contribution in [0.3, 0.4) is 0 Å². The molecule has 1 aromatic carbocycles. The van der Waals surface area contributed by atoms with Crippen LogP contribution in [-0.4, -0.2) is 30.1 Å². The number of oxazole rings is 1. The van der Waals surface area contributed by atoms with E-state index in [1.54, 1.807) is 24.8 Å². The molecule has 8 nitrogen and oxygen atoms in total. The van der Waals surface area contributed by atoms with E-state index in [-0.39, 0.29) is 0 Å². The lowest BCUT2D eigenvalue weighted by molar-refractivity contribution is 0.577. The molecule has 0 unspecified atom stereocenters. The van der Waals surface area contributed by atoms with E-state index >= 15 is 0 Å². The highest BCUT2D eigenvalue weighted by Gasteiger charge is 2.11. The Hall–Kier alpha value is -3.81. The summed E-state index contributed by atoms with van der Waals surface area (Å²) in [6.45, 7) is 0. The van der Waals surface area contributed by atoms with Crippen molar-refractivity contribution in [1.82, 2.24) is 30.1 Å². The van der Waals surface area contributed by atoms with E-state index in [4.69, 9.17) is 4.42 Å². The molecule has 0 spiro atoms. The van der Waals surface area contributed by atoms with Crippen molar-refractivity contribution < 1.29 is 4.42 Å². The summed E-state index contributed by atoms with van der Waals surface area (Å²) in [5.74, 6) is 1.32. The second kappa shape index (κ2) is 5.92. The molecule has 4 aromatic heterocycles. The fraction of sp³-hybridized carbons (Fsp3) is 0.0556. The SMILES string of the molecule is c1cc2c(Nc3ncco3)nc(Cc3ccc4[nH]ncc4c3)nc2cn1. The Balaban J connectivity index is 1.56. The van der Waals surface area contributed by atoms with Gasteiger partial charge in [0, 0.05) is 23.4 Å². The minimum absolute atomic E-state index is 0.382. The molecule has 5 aromatic rings. The van der Waals surface area contributed by atoms with Gasteiger partial charge in [-0.15, -0.1) is 0 Å². The van der Waals surface area contributed by atoms with Gasteiger partial charge >= 0.3 is 0 Å². The van der Waals surface area contributed by atoms with Gasteiger partial charge in [0.1, 0.15) is 17.9 Å². The lowest BCUT2D eigenvalue weighted by atomic mass is 10.1. The number of anilines is 2. The van der Waals surface area contributed by atoms with E-state index in [1.807, 2.05) is 18.2 Å². The topological polar surface area (TPSA) is 105 Å². The van der Waals surface area contributed by atoms with Gasteiger partial charge in [-0.1, -0.05) is 6.07 Å². The normalized spacial score (nSPS) is 11.2. The van der Waals surface area contributed by atoms with Gasteiger partial charge in [-0.3, -0.25) is 15.4 Å². The second-order valence-electron chi connectivity index (χ2n) is 5.81. The van der Waals surface area contributed by atoms with Crippen LogP contribution in [-0.2, 0) is 6.42 Å². The maximum absolute atomic E-state index is 5.28. The van der Waals surface area contributed by atoms with Gasteiger partial charge in [0.05, 0.1) is 29.6 Å². The maximum Gasteiger partial charge on any atom is 0.300 e. The van der Waals surface area contributed by atoms with Crippen molar-refractivity contribution in [2.75, 3.05) is 5.32 Å². The van der Waals surface area contributed by atoms with Crippen LogP contribution in [0.15, 0.2) is 59.7 Å². The predicted molar refractivity (Wildman–Crippen MR) is 96.0 cm³/mol.